The van der Waals surface area contributed by atoms with Crippen molar-refractivity contribution >= 4 is 0 Å². The molecular weight excluding hydrogens is 220 g/mol. The SMILES string of the molecule is CCC#CCC(C)c1cc(C)cc(C)c1OCC. The summed E-state index contributed by atoms with van der Waals surface area (Å²) in [7, 11) is 0. The Bertz CT molecular complexity index is 449. The van der Waals surface area contributed by atoms with Crippen LogP contribution in [0.15, 0.2) is 12.1 Å². The summed E-state index contributed by atoms with van der Waals surface area (Å²) in [6, 6.07) is 4.41. The van der Waals surface area contributed by atoms with E-state index in [0.29, 0.717) is 12.5 Å². The highest BCUT2D eigenvalue weighted by Gasteiger charge is 2.13. The normalized spacial score (nSPS) is 11.6. The van der Waals surface area contributed by atoms with Crippen molar-refractivity contribution in [3.8, 4) is 17.6 Å². The third kappa shape index (κ3) is 3.81. The van der Waals surface area contributed by atoms with Crippen LogP contribution in [0.1, 0.15) is 56.2 Å². The average molecular weight is 244 g/mol. The second-order valence-electron chi connectivity index (χ2n) is 4.75. The van der Waals surface area contributed by atoms with Gasteiger partial charge in [0.2, 0.25) is 0 Å². The van der Waals surface area contributed by atoms with E-state index in [-0.39, 0.29) is 0 Å². The molecule has 0 bridgehead atoms. The second-order valence-corrected chi connectivity index (χ2v) is 4.75. The summed E-state index contributed by atoms with van der Waals surface area (Å²) in [5.74, 6) is 7.85. The Morgan fingerprint density at radius 1 is 1.17 bits per heavy atom. The molecular formula is C17H24O. The van der Waals surface area contributed by atoms with E-state index in [1.807, 2.05) is 6.92 Å². The summed E-state index contributed by atoms with van der Waals surface area (Å²) in [6.45, 7) is 11.3. The highest BCUT2D eigenvalue weighted by Crippen LogP contribution is 2.32. The molecule has 1 atom stereocenters. The molecule has 0 heterocycles. The molecule has 0 spiro atoms. The quantitative estimate of drug-likeness (QED) is 0.703. The summed E-state index contributed by atoms with van der Waals surface area (Å²) >= 11 is 0. The van der Waals surface area contributed by atoms with Gasteiger partial charge in [-0.15, -0.1) is 11.8 Å². The van der Waals surface area contributed by atoms with E-state index in [1.54, 1.807) is 0 Å². The second kappa shape index (κ2) is 7.11. The van der Waals surface area contributed by atoms with Crippen LogP contribution >= 0.6 is 0 Å². The minimum Gasteiger partial charge on any atom is -0.493 e. The van der Waals surface area contributed by atoms with Gasteiger partial charge < -0.3 is 4.74 Å². The van der Waals surface area contributed by atoms with Gasteiger partial charge >= 0.3 is 0 Å². The standard InChI is InChI=1S/C17H24O/c1-6-8-9-10-14(4)16-12-13(3)11-15(5)17(16)18-7-2/h11-12,14H,6-7,10H2,1-5H3. The minimum absolute atomic E-state index is 0.421. The molecule has 0 fully saturated rings. The van der Waals surface area contributed by atoms with Crippen LogP contribution in [0.5, 0.6) is 5.75 Å². The maximum atomic E-state index is 5.80. The Morgan fingerprint density at radius 2 is 1.89 bits per heavy atom. The highest BCUT2D eigenvalue weighted by atomic mass is 16.5. The summed E-state index contributed by atoms with van der Waals surface area (Å²) in [5, 5.41) is 0. The lowest BCUT2D eigenvalue weighted by molar-refractivity contribution is 0.332. The van der Waals surface area contributed by atoms with Crippen molar-refractivity contribution in [3.63, 3.8) is 0 Å². The zero-order chi connectivity index (χ0) is 13.5. The molecule has 0 aliphatic heterocycles. The van der Waals surface area contributed by atoms with E-state index in [1.165, 1.54) is 16.7 Å². The van der Waals surface area contributed by atoms with Crippen molar-refractivity contribution in [1.29, 1.82) is 0 Å². The Balaban J connectivity index is 3.04. The molecule has 98 valence electrons. The van der Waals surface area contributed by atoms with Crippen molar-refractivity contribution < 1.29 is 4.74 Å². The molecule has 18 heavy (non-hydrogen) atoms. The molecule has 0 aliphatic rings. The Hall–Kier alpha value is -1.42. The van der Waals surface area contributed by atoms with Crippen LogP contribution in [0.25, 0.3) is 0 Å². The summed E-state index contributed by atoms with van der Waals surface area (Å²) in [6.07, 6.45) is 1.83. The van der Waals surface area contributed by atoms with Crippen LogP contribution in [0.3, 0.4) is 0 Å². The van der Waals surface area contributed by atoms with Crippen molar-refractivity contribution in [2.24, 2.45) is 0 Å². The van der Waals surface area contributed by atoms with E-state index in [4.69, 9.17) is 4.74 Å². The first-order chi connectivity index (χ1) is 8.60. The predicted molar refractivity (Wildman–Crippen MR) is 78.2 cm³/mol. The van der Waals surface area contributed by atoms with E-state index in [9.17, 15) is 0 Å². The smallest absolute Gasteiger partial charge is 0.125 e. The first kappa shape index (κ1) is 14.6. The zero-order valence-electron chi connectivity index (χ0n) is 12.3. The molecule has 0 amide bonds. The maximum absolute atomic E-state index is 5.80. The lowest BCUT2D eigenvalue weighted by atomic mass is 9.93. The lowest BCUT2D eigenvalue weighted by Crippen LogP contribution is -2.03. The van der Waals surface area contributed by atoms with Crippen LogP contribution in [0.2, 0.25) is 0 Å². The average Bonchev–Trinajstić information content (AvgIpc) is 2.32. The fraction of sp³-hybridized carbons (Fsp3) is 0.529. The van der Waals surface area contributed by atoms with Crippen molar-refractivity contribution in [1.82, 2.24) is 0 Å². The minimum atomic E-state index is 0.421. The van der Waals surface area contributed by atoms with Crippen LogP contribution in [0.4, 0.5) is 0 Å². The van der Waals surface area contributed by atoms with E-state index in [2.05, 4.69) is 51.7 Å². The molecule has 0 radical (unpaired) electrons. The van der Waals surface area contributed by atoms with Gasteiger partial charge in [-0.05, 0) is 37.8 Å². The van der Waals surface area contributed by atoms with Gasteiger partial charge in [-0.3, -0.25) is 0 Å². The first-order valence-corrected chi connectivity index (χ1v) is 6.79. The number of benzene rings is 1. The van der Waals surface area contributed by atoms with Crippen molar-refractivity contribution in [3.05, 3.63) is 28.8 Å². The molecule has 0 saturated heterocycles. The van der Waals surface area contributed by atoms with Crippen LogP contribution < -0.4 is 4.74 Å². The highest BCUT2D eigenvalue weighted by molar-refractivity contribution is 5.46. The van der Waals surface area contributed by atoms with E-state index in [0.717, 1.165) is 18.6 Å². The monoisotopic (exact) mass is 244 g/mol. The lowest BCUT2D eigenvalue weighted by Gasteiger charge is -2.18. The first-order valence-electron chi connectivity index (χ1n) is 6.79. The van der Waals surface area contributed by atoms with Crippen LogP contribution in [0, 0.1) is 25.7 Å². The number of rotatable bonds is 4. The molecule has 1 heteroatoms. The van der Waals surface area contributed by atoms with Gasteiger partial charge in [0.15, 0.2) is 0 Å². The number of hydrogen-bond acceptors (Lipinski definition) is 1. The molecule has 1 aromatic rings. The van der Waals surface area contributed by atoms with Gasteiger partial charge in [-0.1, -0.05) is 31.5 Å². The third-order valence-electron chi connectivity index (χ3n) is 2.98. The summed E-state index contributed by atoms with van der Waals surface area (Å²) < 4.78 is 5.80. The predicted octanol–water partition coefficient (Wildman–Crippen LogP) is 4.61. The van der Waals surface area contributed by atoms with Gasteiger partial charge in [-0.25, -0.2) is 0 Å². The summed E-state index contributed by atoms with van der Waals surface area (Å²) in [5.41, 5.74) is 3.81. The van der Waals surface area contributed by atoms with E-state index < -0.39 is 0 Å². The molecule has 0 N–H and O–H groups in total. The molecule has 1 nitrogen and oxygen atoms in total. The fourth-order valence-corrected chi connectivity index (χ4v) is 2.15. The number of ether oxygens (including phenoxy) is 1. The Labute approximate surface area is 112 Å². The van der Waals surface area contributed by atoms with Gasteiger partial charge in [0, 0.05) is 12.8 Å². The topological polar surface area (TPSA) is 9.23 Å². The molecule has 0 aromatic heterocycles. The Morgan fingerprint density at radius 3 is 2.50 bits per heavy atom. The summed E-state index contributed by atoms with van der Waals surface area (Å²) in [4.78, 5) is 0. The van der Waals surface area contributed by atoms with Crippen LogP contribution in [-0.4, -0.2) is 6.61 Å². The van der Waals surface area contributed by atoms with Crippen molar-refractivity contribution in [2.75, 3.05) is 6.61 Å². The fourth-order valence-electron chi connectivity index (χ4n) is 2.15. The molecule has 1 rings (SSSR count). The third-order valence-corrected chi connectivity index (χ3v) is 2.98. The molecule has 0 aliphatic carbocycles. The van der Waals surface area contributed by atoms with Gasteiger partial charge in [0.25, 0.3) is 0 Å². The van der Waals surface area contributed by atoms with E-state index >= 15 is 0 Å². The Kier molecular flexibility index (Phi) is 5.78. The van der Waals surface area contributed by atoms with Crippen molar-refractivity contribution in [2.45, 2.75) is 53.4 Å². The molecule has 0 saturated carbocycles. The van der Waals surface area contributed by atoms with Gasteiger partial charge in [-0.2, -0.15) is 0 Å². The molecule has 1 aromatic carbocycles. The maximum Gasteiger partial charge on any atom is 0.125 e. The zero-order valence-corrected chi connectivity index (χ0v) is 12.3. The van der Waals surface area contributed by atoms with Gasteiger partial charge in [0.05, 0.1) is 6.61 Å². The molecule has 1 unspecified atom stereocenters. The largest absolute Gasteiger partial charge is 0.493 e. The van der Waals surface area contributed by atoms with Gasteiger partial charge in [0.1, 0.15) is 5.75 Å². The van der Waals surface area contributed by atoms with Crippen LogP contribution in [-0.2, 0) is 0 Å². The number of hydrogen-bond donors (Lipinski definition) is 0. The number of aryl methyl sites for hydroxylation is 2.